The Morgan fingerprint density at radius 3 is 2.00 bits per heavy atom. The summed E-state index contributed by atoms with van der Waals surface area (Å²) >= 11 is 6.20. The molecule has 1 unspecified atom stereocenters. The number of benzene rings is 2. The van der Waals surface area contributed by atoms with E-state index in [1.165, 1.54) is 47.5 Å². The molecular weight excluding hydrogens is 414 g/mol. The topological polar surface area (TPSA) is 99.0 Å². The van der Waals surface area contributed by atoms with Crippen molar-refractivity contribution in [3.05, 3.63) is 36.4 Å². The van der Waals surface area contributed by atoms with Gasteiger partial charge in [0.2, 0.25) is 6.04 Å². The first-order valence-electron chi connectivity index (χ1n) is 8.70. The maximum Gasteiger partial charge on any atom is 0.276 e. The van der Waals surface area contributed by atoms with Crippen LogP contribution in [0, 0.1) is 0 Å². The van der Waals surface area contributed by atoms with Crippen molar-refractivity contribution in [2.45, 2.75) is 13.0 Å². The lowest BCUT2D eigenvalue weighted by Gasteiger charge is -2.18. The Kier molecular flexibility index (Phi) is 7.99. The van der Waals surface area contributed by atoms with Gasteiger partial charge in [-0.2, -0.15) is 10.2 Å². The normalized spacial score (nSPS) is 11.7. The number of carbonyl (C=O) groups is 2. The summed E-state index contributed by atoms with van der Waals surface area (Å²) in [6.45, 7) is 1.23. The number of methoxy groups -OCH3 is 4. The number of amides is 1. The lowest BCUT2D eigenvalue weighted by atomic mass is 10.2. The highest BCUT2D eigenvalue weighted by molar-refractivity contribution is 6.39. The first-order chi connectivity index (χ1) is 14.3. The minimum absolute atomic E-state index is 0.255. The van der Waals surface area contributed by atoms with Crippen molar-refractivity contribution in [1.29, 1.82) is 0 Å². The number of nitrogens with zero attached hydrogens (tertiary/aromatic N) is 3. The largest absolute Gasteiger partial charge is 0.497 e. The van der Waals surface area contributed by atoms with Crippen LogP contribution in [0.4, 0.5) is 11.4 Å². The van der Waals surface area contributed by atoms with Gasteiger partial charge in [-0.15, -0.1) is 0 Å². The van der Waals surface area contributed by atoms with Gasteiger partial charge in [0.15, 0.2) is 17.3 Å². The van der Waals surface area contributed by atoms with Crippen molar-refractivity contribution >= 4 is 34.8 Å². The van der Waals surface area contributed by atoms with E-state index in [0.717, 1.165) is 4.42 Å². The van der Waals surface area contributed by atoms with Crippen LogP contribution in [0.1, 0.15) is 6.92 Å². The van der Waals surface area contributed by atoms with Gasteiger partial charge in [0.05, 0.1) is 39.8 Å². The molecule has 0 fully saturated rings. The molecule has 0 saturated heterocycles. The predicted molar refractivity (Wildman–Crippen MR) is 111 cm³/mol. The van der Waals surface area contributed by atoms with E-state index in [1.807, 2.05) is 0 Å². The van der Waals surface area contributed by atoms with Gasteiger partial charge in [0, 0.05) is 36.0 Å². The van der Waals surface area contributed by atoms with Crippen LogP contribution in [0.5, 0.6) is 23.0 Å². The molecule has 0 aliphatic rings. The molecule has 0 radical (unpaired) electrons. The summed E-state index contributed by atoms with van der Waals surface area (Å²) in [6.07, 6.45) is 0. The van der Waals surface area contributed by atoms with Crippen LogP contribution in [0.25, 0.3) is 0 Å². The van der Waals surface area contributed by atoms with Gasteiger partial charge in [0.1, 0.15) is 11.5 Å². The van der Waals surface area contributed by atoms with Crippen LogP contribution in [0.3, 0.4) is 0 Å². The second-order valence-corrected chi connectivity index (χ2v) is 6.30. The molecular formula is C20H22ClN3O6. The molecule has 0 aromatic heterocycles. The third-order valence-electron chi connectivity index (χ3n) is 4.03. The lowest BCUT2D eigenvalue weighted by Crippen LogP contribution is -2.36. The van der Waals surface area contributed by atoms with Gasteiger partial charge in [-0.25, -0.2) is 4.42 Å². The average Bonchev–Trinajstić information content (AvgIpc) is 2.77. The molecule has 0 spiro atoms. The second kappa shape index (κ2) is 10.4. The van der Waals surface area contributed by atoms with Gasteiger partial charge in [-0.3, -0.25) is 9.59 Å². The van der Waals surface area contributed by atoms with Gasteiger partial charge in [-0.1, -0.05) is 0 Å². The molecule has 160 valence electrons. The average molecular weight is 436 g/mol. The fraction of sp³-hybridized carbons (Fsp3) is 0.300. The zero-order valence-corrected chi connectivity index (χ0v) is 18.0. The highest BCUT2D eigenvalue weighted by atomic mass is 35.5. The Bertz CT molecular complexity index is 928. The maximum atomic E-state index is 12.8. The summed E-state index contributed by atoms with van der Waals surface area (Å²) in [5.74, 6) is 0.494. The smallest absolute Gasteiger partial charge is 0.276 e. The number of halogens is 1. The van der Waals surface area contributed by atoms with Crippen molar-refractivity contribution in [3.8, 4) is 23.0 Å². The molecule has 9 nitrogen and oxygen atoms in total. The zero-order valence-electron chi connectivity index (χ0n) is 17.2. The van der Waals surface area contributed by atoms with Crippen molar-refractivity contribution < 1.29 is 28.5 Å². The molecule has 1 amide bonds. The van der Waals surface area contributed by atoms with Crippen molar-refractivity contribution in [3.63, 3.8) is 0 Å². The van der Waals surface area contributed by atoms with E-state index in [4.69, 9.17) is 30.7 Å². The number of carbonyl (C=O) groups excluding carboxylic acids is 2. The molecule has 30 heavy (non-hydrogen) atoms. The summed E-state index contributed by atoms with van der Waals surface area (Å²) in [5.41, 5.74) is 0.626. The van der Waals surface area contributed by atoms with Crippen LogP contribution in [0.15, 0.2) is 46.6 Å². The van der Waals surface area contributed by atoms with Gasteiger partial charge >= 0.3 is 0 Å². The Balaban J connectivity index is 2.31. The van der Waals surface area contributed by atoms with Gasteiger partial charge in [-0.05, 0) is 19.1 Å². The third-order valence-corrected chi connectivity index (χ3v) is 4.39. The molecule has 1 atom stereocenters. The number of azo groups is 1. The fourth-order valence-electron chi connectivity index (χ4n) is 2.46. The third kappa shape index (κ3) is 5.38. The van der Waals surface area contributed by atoms with Crippen LogP contribution in [-0.4, -0.2) is 46.2 Å². The molecule has 2 aromatic rings. The van der Waals surface area contributed by atoms with E-state index >= 15 is 0 Å². The van der Waals surface area contributed by atoms with Gasteiger partial charge < -0.3 is 18.9 Å². The number of hydrogen-bond acceptors (Lipinski definition) is 8. The van der Waals surface area contributed by atoms with Crippen molar-refractivity contribution in [2.24, 2.45) is 10.2 Å². The number of ketones is 1. The van der Waals surface area contributed by atoms with Gasteiger partial charge in [0.25, 0.3) is 5.91 Å². The first-order valence-corrected chi connectivity index (χ1v) is 9.04. The summed E-state index contributed by atoms with van der Waals surface area (Å²) in [7, 11) is 5.92. The SMILES string of the molecule is COc1cc(OC)cc(N(Cl)C(=O)C(N=Nc2ccc(OC)c(OC)c2)C(C)=O)c1. The molecule has 0 bridgehead atoms. The molecule has 0 heterocycles. The quantitative estimate of drug-likeness (QED) is 0.336. The lowest BCUT2D eigenvalue weighted by molar-refractivity contribution is -0.126. The monoisotopic (exact) mass is 435 g/mol. The minimum Gasteiger partial charge on any atom is -0.497 e. The number of hydrogen-bond donors (Lipinski definition) is 0. The van der Waals surface area contributed by atoms with E-state index in [0.29, 0.717) is 28.7 Å². The van der Waals surface area contributed by atoms with Crippen molar-refractivity contribution in [2.75, 3.05) is 32.9 Å². The van der Waals surface area contributed by atoms with Crippen LogP contribution < -0.4 is 23.4 Å². The van der Waals surface area contributed by atoms with E-state index in [2.05, 4.69) is 10.2 Å². The summed E-state index contributed by atoms with van der Waals surface area (Å²) in [4.78, 5) is 24.9. The number of rotatable bonds is 9. The number of anilines is 1. The molecule has 2 aromatic carbocycles. The highest BCUT2D eigenvalue weighted by Crippen LogP contribution is 2.32. The molecule has 10 heteroatoms. The van der Waals surface area contributed by atoms with Crippen LogP contribution >= 0.6 is 11.8 Å². The number of ether oxygens (including phenoxy) is 4. The van der Waals surface area contributed by atoms with Crippen LogP contribution in [-0.2, 0) is 9.59 Å². The Morgan fingerprint density at radius 1 is 0.900 bits per heavy atom. The van der Waals surface area contributed by atoms with Crippen LogP contribution in [0.2, 0.25) is 0 Å². The summed E-state index contributed by atoms with van der Waals surface area (Å²) in [6, 6.07) is 8.04. The molecule has 0 saturated carbocycles. The van der Waals surface area contributed by atoms with E-state index in [-0.39, 0.29) is 5.69 Å². The summed E-state index contributed by atoms with van der Waals surface area (Å²) < 4.78 is 21.5. The molecule has 0 aliphatic carbocycles. The Morgan fingerprint density at radius 2 is 1.50 bits per heavy atom. The van der Waals surface area contributed by atoms with Crippen molar-refractivity contribution in [1.82, 2.24) is 0 Å². The van der Waals surface area contributed by atoms with E-state index in [1.54, 1.807) is 24.3 Å². The van der Waals surface area contributed by atoms with E-state index in [9.17, 15) is 9.59 Å². The summed E-state index contributed by atoms with van der Waals surface area (Å²) in [5, 5.41) is 7.89. The minimum atomic E-state index is -1.44. The predicted octanol–water partition coefficient (Wildman–Crippen LogP) is 3.95. The maximum absolute atomic E-state index is 12.8. The Labute approximate surface area is 179 Å². The fourth-order valence-corrected chi connectivity index (χ4v) is 2.65. The Hall–Kier alpha value is -3.33. The van der Waals surface area contributed by atoms with E-state index < -0.39 is 17.7 Å². The highest BCUT2D eigenvalue weighted by Gasteiger charge is 2.29. The molecule has 0 aliphatic heterocycles. The second-order valence-electron chi connectivity index (χ2n) is 5.96. The zero-order chi connectivity index (χ0) is 22.3. The first kappa shape index (κ1) is 23.0. The standard InChI is InChI=1S/C20H22ClN3O6/c1-12(25)19(23-22-13-6-7-17(29-4)18(8-13)30-5)20(26)24(21)14-9-15(27-2)11-16(10-14)28-3/h6-11,19H,1-5H3. The molecule has 0 N–H and O–H groups in total. The molecule has 2 rings (SSSR count). The number of Topliss-reactive ketones (excluding diaryl/α,β-unsaturated/α-hetero) is 1.